The number of rotatable bonds is 7. The van der Waals surface area contributed by atoms with E-state index in [1.165, 1.54) is 12.8 Å². The van der Waals surface area contributed by atoms with Crippen molar-refractivity contribution in [3.63, 3.8) is 0 Å². The second-order valence-corrected chi connectivity index (χ2v) is 5.58. The van der Waals surface area contributed by atoms with Crippen molar-refractivity contribution in [1.82, 2.24) is 15.5 Å². The van der Waals surface area contributed by atoms with Crippen molar-refractivity contribution < 1.29 is 9.90 Å². The maximum atomic E-state index is 10.8. The summed E-state index contributed by atoms with van der Waals surface area (Å²) in [7, 11) is 2.16. The lowest BCUT2D eigenvalue weighted by Crippen LogP contribution is -2.69. The van der Waals surface area contributed by atoms with Gasteiger partial charge in [-0.15, -0.1) is 0 Å². The van der Waals surface area contributed by atoms with E-state index in [0.29, 0.717) is 6.04 Å². The third kappa shape index (κ3) is 3.18. The molecule has 1 heterocycles. The summed E-state index contributed by atoms with van der Waals surface area (Å²) < 4.78 is 0. The number of hydrogen-bond donors (Lipinski definition) is 3. The average molecular weight is 241 g/mol. The number of carboxylic acid groups (broad SMARTS) is 1. The fourth-order valence-corrected chi connectivity index (χ4v) is 2.38. The zero-order valence-corrected chi connectivity index (χ0v) is 10.7. The van der Waals surface area contributed by atoms with Crippen LogP contribution in [0.25, 0.3) is 0 Å². The Morgan fingerprint density at radius 2 is 2.24 bits per heavy atom. The largest absolute Gasteiger partial charge is 0.481 e. The molecule has 0 amide bonds. The smallest absolute Gasteiger partial charge is 0.305 e. The van der Waals surface area contributed by atoms with E-state index in [9.17, 15) is 4.79 Å². The van der Waals surface area contributed by atoms with E-state index in [0.717, 1.165) is 25.7 Å². The maximum Gasteiger partial charge on any atom is 0.305 e. The first-order valence-electron chi connectivity index (χ1n) is 6.42. The van der Waals surface area contributed by atoms with Gasteiger partial charge in [-0.3, -0.25) is 9.69 Å². The number of carbonyl (C=O) groups is 1. The van der Waals surface area contributed by atoms with E-state index in [1.54, 1.807) is 0 Å². The Kier molecular flexibility index (Phi) is 3.70. The highest BCUT2D eigenvalue weighted by Crippen LogP contribution is 2.27. The first-order chi connectivity index (χ1) is 8.02. The van der Waals surface area contributed by atoms with Gasteiger partial charge in [-0.05, 0) is 26.8 Å². The lowest BCUT2D eigenvalue weighted by Gasteiger charge is -2.43. The number of nitrogens with zero attached hydrogens (tertiary/aromatic N) is 1. The zero-order valence-electron chi connectivity index (χ0n) is 10.7. The molecule has 5 nitrogen and oxygen atoms in total. The van der Waals surface area contributed by atoms with Crippen LogP contribution in [0.1, 0.15) is 26.2 Å². The molecular formula is C12H23N3O2. The molecular weight excluding hydrogens is 218 g/mol. The van der Waals surface area contributed by atoms with Crippen molar-refractivity contribution in [3.8, 4) is 0 Å². The summed E-state index contributed by atoms with van der Waals surface area (Å²) >= 11 is 0. The van der Waals surface area contributed by atoms with Crippen molar-refractivity contribution in [2.24, 2.45) is 0 Å². The van der Waals surface area contributed by atoms with Gasteiger partial charge in [0.1, 0.15) is 0 Å². The first-order valence-corrected chi connectivity index (χ1v) is 6.42. The molecule has 1 aliphatic carbocycles. The highest BCUT2D eigenvalue weighted by atomic mass is 16.4. The Hall–Kier alpha value is -0.650. The van der Waals surface area contributed by atoms with Crippen LogP contribution in [-0.4, -0.2) is 60.3 Å². The van der Waals surface area contributed by atoms with E-state index in [2.05, 4.69) is 29.5 Å². The van der Waals surface area contributed by atoms with Crippen molar-refractivity contribution in [2.45, 2.75) is 43.8 Å². The molecule has 98 valence electrons. The maximum absolute atomic E-state index is 10.8. The van der Waals surface area contributed by atoms with Crippen molar-refractivity contribution in [3.05, 3.63) is 0 Å². The van der Waals surface area contributed by atoms with Crippen LogP contribution < -0.4 is 10.6 Å². The van der Waals surface area contributed by atoms with E-state index >= 15 is 0 Å². The minimum atomic E-state index is -0.720. The lowest BCUT2D eigenvalue weighted by atomic mass is 9.88. The molecule has 2 fully saturated rings. The molecule has 1 unspecified atom stereocenters. The predicted molar refractivity (Wildman–Crippen MR) is 66.1 cm³/mol. The van der Waals surface area contributed by atoms with Crippen molar-refractivity contribution >= 4 is 5.97 Å². The molecule has 3 N–H and O–H groups in total. The van der Waals surface area contributed by atoms with Crippen LogP contribution >= 0.6 is 0 Å². The van der Waals surface area contributed by atoms with Crippen LogP contribution in [0, 0.1) is 0 Å². The van der Waals surface area contributed by atoms with Gasteiger partial charge >= 0.3 is 5.97 Å². The third-order valence-corrected chi connectivity index (χ3v) is 4.01. The predicted octanol–water partition coefficient (Wildman–Crippen LogP) is -0.125. The van der Waals surface area contributed by atoms with Gasteiger partial charge in [0.25, 0.3) is 0 Å². The van der Waals surface area contributed by atoms with Crippen LogP contribution in [0.2, 0.25) is 0 Å². The summed E-state index contributed by atoms with van der Waals surface area (Å²) in [6.45, 7) is 4.59. The van der Waals surface area contributed by atoms with Crippen LogP contribution in [-0.2, 0) is 4.79 Å². The molecule has 0 aromatic rings. The molecule has 1 aliphatic heterocycles. The standard InChI is InChI=1S/C12H23N3O2/c1-9(15(2)10-3-4-10)6-14-12(5-11(16)17)7-13-8-12/h9-10,13-14H,3-8H2,1-2H3,(H,16,17). The molecule has 1 saturated carbocycles. The van der Waals surface area contributed by atoms with E-state index in [4.69, 9.17) is 5.11 Å². The first kappa shape index (κ1) is 12.8. The van der Waals surface area contributed by atoms with Gasteiger partial charge in [-0.2, -0.15) is 0 Å². The summed E-state index contributed by atoms with van der Waals surface area (Å²) in [4.78, 5) is 13.2. The SMILES string of the molecule is CC(CNC1(CC(=O)O)CNC1)N(C)C1CC1. The van der Waals surface area contributed by atoms with Crippen LogP contribution in [0.5, 0.6) is 0 Å². The lowest BCUT2D eigenvalue weighted by molar-refractivity contribution is -0.139. The fraction of sp³-hybridized carbons (Fsp3) is 0.917. The number of likely N-dealkylation sites (N-methyl/N-ethyl adjacent to an activating group) is 1. The molecule has 1 saturated heterocycles. The Labute approximate surface area is 103 Å². The summed E-state index contributed by atoms with van der Waals surface area (Å²) in [5.41, 5.74) is -0.218. The van der Waals surface area contributed by atoms with Crippen molar-refractivity contribution in [2.75, 3.05) is 26.7 Å². The molecule has 0 aromatic carbocycles. The van der Waals surface area contributed by atoms with Gasteiger partial charge in [0.15, 0.2) is 0 Å². The Morgan fingerprint density at radius 1 is 1.59 bits per heavy atom. The molecule has 17 heavy (non-hydrogen) atoms. The highest BCUT2D eigenvalue weighted by molar-refractivity contribution is 5.68. The fourth-order valence-electron chi connectivity index (χ4n) is 2.38. The number of hydrogen-bond acceptors (Lipinski definition) is 4. The molecule has 5 heteroatoms. The summed E-state index contributed by atoms with van der Waals surface area (Å²) in [5, 5.41) is 15.5. The third-order valence-electron chi connectivity index (χ3n) is 4.01. The molecule has 0 radical (unpaired) electrons. The quantitative estimate of drug-likeness (QED) is 0.580. The van der Waals surface area contributed by atoms with Crippen molar-refractivity contribution in [1.29, 1.82) is 0 Å². The van der Waals surface area contributed by atoms with Gasteiger partial charge in [-0.1, -0.05) is 0 Å². The van der Waals surface area contributed by atoms with Gasteiger partial charge < -0.3 is 15.7 Å². The van der Waals surface area contributed by atoms with E-state index < -0.39 is 5.97 Å². The van der Waals surface area contributed by atoms with Crippen LogP contribution in [0.3, 0.4) is 0 Å². The topological polar surface area (TPSA) is 64.6 Å². The van der Waals surface area contributed by atoms with Gasteiger partial charge in [0, 0.05) is 31.7 Å². The van der Waals surface area contributed by atoms with Gasteiger partial charge in [-0.25, -0.2) is 0 Å². The minimum Gasteiger partial charge on any atom is -0.481 e. The minimum absolute atomic E-state index is 0.208. The number of aliphatic carboxylic acids is 1. The van der Waals surface area contributed by atoms with E-state index in [1.807, 2.05) is 0 Å². The Bertz CT molecular complexity index is 287. The second kappa shape index (κ2) is 4.92. The molecule has 0 aromatic heterocycles. The normalized spacial score (nSPS) is 24.4. The molecule has 1 atom stereocenters. The monoisotopic (exact) mass is 241 g/mol. The summed E-state index contributed by atoms with van der Waals surface area (Å²) in [6.07, 6.45) is 2.82. The number of nitrogens with one attached hydrogen (secondary N) is 2. The average Bonchev–Trinajstić information content (AvgIpc) is 3.03. The molecule has 2 aliphatic rings. The second-order valence-electron chi connectivity index (χ2n) is 5.58. The molecule has 0 bridgehead atoms. The molecule has 2 rings (SSSR count). The van der Waals surface area contributed by atoms with Gasteiger partial charge in [0.2, 0.25) is 0 Å². The zero-order chi connectivity index (χ0) is 12.5. The van der Waals surface area contributed by atoms with E-state index in [-0.39, 0.29) is 12.0 Å². The Balaban J connectivity index is 1.77. The van der Waals surface area contributed by atoms with Gasteiger partial charge in [0.05, 0.1) is 12.0 Å². The molecule has 0 spiro atoms. The van der Waals surface area contributed by atoms with Crippen LogP contribution in [0.15, 0.2) is 0 Å². The number of carboxylic acids is 1. The van der Waals surface area contributed by atoms with Crippen LogP contribution in [0.4, 0.5) is 0 Å². The Morgan fingerprint density at radius 3 is 2.65 bits per heavy atom. The summed E-state index contributed by atoms with van der Waals surface area (Å²) in [5.74, 6) is -0.720. The summed E-state index contributed by atoms with van der Waals surface area (Å²) in [6, 6.07) is 1.22. The highest BCUT2D eigenvalue weighted by Gasteiger charge is 2.39.